The van der Waals surface area contributed by atoms with Gasteiger partial charge in [-0.2, -0.15) is 0 Å². The second kappa shape index (κ2) is 3.42. The SMILES string of the molecule is C/C(=C/C=O)C(C)C. The summed E-state index contributed by atoms with van der Waals surface area (Å²) in [4.78, 5) is 9.84. The molecule has 0 aromatic carbocycles. The second-order valence-corrected chi connectivity index (χ2v) is 2.20. The van der Waals surface area contributed by atoms with Gasteiger partial charge in [-0.25, -0.2) is 0 Å². The molecule has 0 amide bonds. The van der Waals surface area contributed by atoms with E-state index in [9.17, 15) is 4.79 Å². The van der Waals surface area contributed by atoms with Crippen molar-refractivity contribution in [1.29, 1.82) is 0 Å². The van der Waals surface area contributed by atoms with Crippen LogP contribution >= 0.6 is 0 Å². The summed E-state index contributed by atoms with van der Waals surface area (Å²) in [5, 5.41) is 0. The van der Waals surface area contributed by atoms with Gasteiger partial charge in [-0.1, -0.05) is 19.4 Å². The summed E-state index contributed by atoms with van der Waals surface area (Å²) < 4.78 is 0. The first kappa shape index (κ1) is 7.41. The van der Waals surface area contributed by atoms with E-state index in [0.29, 0.717) is 5.92 Å². The van der Waals surface area contributed by atoms with Gasteiger partial charge in [0, 0.05) is 0 Å². The number of allylic oxidation sites excluding steroid dienone is 2. The minimum Gasteiger partial charge on any atom is -0.299 e. The Morgan fingerprint density at radius 1 is 1.50 bits per heavy atom. The molecule has 0 aliphatic heterocycles. The molecule has 0 aromatic rings. The Hall–Kier alpha value is -0.590. The zero-order valence-corrected chi connectivity index (χ0v) is 5.64. The van der Waals surface area contributed by atoms with Gasteiger partial charge >= 0.3 is 0 Å². The molecule has 0 aromatic heterocycles. The Bertz CT molecular complexity index is 101. The molecule has 46 valence electrons. The first-order valence-electron chi connectivity index (χ1n) is 2.80. The molecule has 0 spiro atoms. The zero-order chi connectivity index (χ0) is 6.57. The van der Waals surface area contributed by atoms with Crippen molar-refractivity contribution in [3.8, 4) is 0 Å². The third kappa shape index (κ3) is 2.56. The van der Waals surface area contributed by atoms with Crippen molar-refractivity contribution in [2.24, 2.45) is 5.92 Å². The summed E-state index contributed by atoms with van der Waals surface area (Å²) in [6, 6.07) is 0. The maximum atomic E-state index is 9.84. The number of aldehydes is 1. The van der Waals surface area contributed by atoms with Gasteiger partial charge in [0.05, 0.1) is 0 Å². The monoisotopic (exact) mass is 112 g/mol. The van der Waals surface area contributed by atoms with Gasteiger partial charge in [0.1, 0.15) is 6.29 Å². The van der Waals surface area contributed by atoms with Crippen molar-refractivity contribution >= 4 is 6.29 Å². The highest BCUT2D eigenvalue weighted by Crippen LogP contribution is 2.05. The zero-order valence-electron chi connectivity index (χ0n) is 5.64. The van der Waals surface area contributed by atoms with Gasteiger partial charge in [-0.3, -0.25) is 4.79 Å². The van der Waals surface area contributed by atoms with Gasteiger partial charge in [0.2, 0.25) is 0 Å². The van der Waals surface area contributed by atoms with Crippen LogP contribution < -0.4 is 0 Å². The molecule has 0 aliphatic rings. The van der Waals surface area contributed by atoms with Crippen LogP contribution in [0, 0.1) is 5.92 Å². The Morgan fingerprint density at radius 2 is 2.00 bits per heavy atom. The van der Waals surface area contributed by atoms with Crippen LogP contribution in [0.15, 0.2) is 11.6 Å². The maximum Gasteiger partial charge on any atom is 0.142 e. The van der Waals surface area contributed by atoms with Crippen LogP contribution in [0.25, 0.3) is 0 Å². The van der Waals surface area contributed by atoms with E-state index in [-0.39, 0.29) is 0 Å². The molecule has 0 radical (unpaired) electrons. The fourth-order valence-corrected chi connectivity index (χ4v) is 0.300. The third-order valence-electron chi connectivity index (χ3n) is 1.24. The van der Waals surface area contributed by atoms with Gasteiger partial charge in [-0.15, -0.1) is 0 Å². The molecular formula is C7H12O. The van der Waals surface area contributed by atoms with Crippen molar-refractivity contribution in [2.75, 3.05) is 0 Å². The van der Waals surface area contributed by atoms with Crippen molar-refractivity contribution < 1.29 is 4.79 Å². The number of rotatable bonds is 2. The Balaban J connectivity index is 3.78. The molecule has 0 N–H and O–H groups in total. The van der Waals surface area contributed by atoms with Crippen LogP contribution in [-0.2, 0) is 4.79 Å². The van der Waals surface area contributed by atoms with E-state index in [1.54, 1.807) is 6.08 Å². The number of carbonyl (C=O) groups is 1. The van der Waals surface area contributed by atoms with Gasteiger partial charge in [0.25, 0.3) is 0 Å². The van der Waals surface area contributed by atoms with Gasteiger partial charge < -0.3 is 0 Å². The Labute approximate surface area is 50.4 Å². The fourth-order valence-electron chi connectivity index (χ4n) is 0.300. The van der Waals surface area contributed by atoms with E-state index < -0.39 is 0 Å². The smallest absolute Gasteiger partial charge is 0.142 e. The Morgan fingerprint density at radius 3 is 2.12 bits per heavy atom. The first-order valence-corrected chi connectivity index (χ1v) is 2.80. The summed E-state index contributed by atoms with van der Waals surface area (Å²) in [7, 11) is 0. The second-order valence-electron chi connectivity index (χ2n) is 2.20. The Kier molecular flexibility index (Phi) is 3.16. The molecule has 0 heterocycles. The normalized spacial score (nSPS) is 12.2. The quantitative estimate of drug-likeness (QED) is 0.393. The van der Waals surface area contributed by atoms with E-state index in [1.807, 2.05) is 6.92 Å². The lowest BCUT2D eigenvalue weighted by Crippen LogP contribution is -1.87. The average Bonchev–Trinajstić information content (AvgIpc) is 1.67. The van der Waals surface area contributed by atoms with Crippen LogP contribution in [-0.4, -0.2) is 6.29 Å². The average molecular weight is 112 g/mol. The molecule has 0 saturated carbocycles. The number of hydrogen-bond donors (Lipinski definition) is 0. The molecule has 1 nitrogen and oxygen atoms in total. The molecule has 1 heteroatoms. The molecule has 8 heavy (non-hydrogen) atoms. The summed E-state index contributed by atoms with van der Waals surface area (Å²) in [5.41, 5.74) is 1.14. The molecule has 0 saturated heterocycles. The fraction of sp³-hybridized carbons (Fsp3) is 0.571. The van der Waals surface area contributed by atoms with Crippen molar-refractivity contribution in [3.05, 3.63) is 11.6 Å². The van der Waals surface area contributed by atoms with Crippen molar-refractivity contribution in [1.82, 2.24) is 0 Å². The molecule has 0 aliphatic carbocycles. The first-order chi connectivity index (χ1) is 3.68. The minimum atomic E-state index is 0.500. The summed E-state index contributed by atoms with van der Waals surface area (Å²) in [6.45, 7) is 6.09. The lowest BCUT2D eigenvalue weighted by atomic mass is 10.1. The molecule has 0 atom stereocenters. The predicted octanol–water partition coefficient (Wildman–Crippen LogP) is 1.79. The van der Waals surface area contributed by atoms with E-state index in [0.717, 1.165) is 11.9 Å². The highest BCUT2D eigenvalue weighted by atomic mass is 16.1. The number of carbonyl (C=O) groups excluding carboxylic acids is 1. The molecule has 0 fully saturated rings. The standard InChI is InChI=1S/C7H12O/c1-6(2)7(3)4-5-8/h4-6H,1-3H3/b7-4-. The van der Waals surface area contributed by atoms with Gasteiger partial charge in [0.15, 0.2) is 0 Å². The summed E-state index contributed by atoms with van der Waals surface area (Å²) in [5.74, 6) is 0.500. The maximum absolute atomic E-state index is 9.84. The molecular weight excluding hydrogens is 100 g/mol. The van der Waals surface area contributed by atoms with Crippen LogP contribution in [0.1, 0.15) is 20.8 Å². The predicted molar refractivity (Wildman–Crippen MR) is 34.7 cm³/mol. The number of hydrogen-bond acceptors (Lipinski definition) is 1. The molecule has 0 unspecified atom stereocenters. The van der Waals surface area contributed by atoms with Crippen molar-refractivity contribution in [2.45, 2.75) is 20.8 Å². The van der Waals surface area contributed by atoms with Gasteiger partial charge in [-0.05, 0) is 18.9 Å². The minimum absolute atomic E-state index is 0.500. The van der Waals surface area contributed by atoms with E-state index in [2.05, 4.69) is 13.8 Å². The molecule has 0 rings (SSSR count). The highest BCUT2D eigenvalue weighted by molar-refractivity contribution is 5.65. The highest BCUT2D eigenvalue weighted by Gasteiger charge is 1.92. The van der Waals surface area contributed by atoms with E-state index in [1.165, 1.54) is 0 Å². The summed E-state index contributed by atoms with van der Waals surface area (Å²) >= 11 is 0. The molecule has 0 bridgehead atoms. The van der Waals surface area contributed by atoms with Crippen LogP contribution in [0.3, 0.4) is 0 Å². The topological polar surface area (TPSA) is 17.1 Å². The summed E-state index contributed by atoms with van der Waals surface area (Å²) in [6.07, 6.45) is 2.43. The van der Waals surface area contributed by atoms with Crippen LogP contribution in [0.5, 0.6) is 0 Å². The third-order valence-corrected chi connectivity index (χ3v) is 1.24. The van der Waals surface area contributed by atoms with Crippen LogP contribution in [0.2, 0.25) is 0 Å². The van der Waals surface area contributed by atoms with Crippen LogP contribution in [0.4, 0.5) is 0 Å². The van der Waals surface area contributed by atoms with Crippen molar-refractivity contribution in [3.63, 3.8) is 0 Å². The lowest BCUT2D eigenvalue weighted by molar-refractivity contribution is -0.104. The largest absolute Gasteiger partial charge is 0.299 e. The lowest BCUT2D eigenvalue weighted by Gasteiger charge is -1.99. The van der Waals surface area contributed by atoms with E-state index in [4.69, 9.17) is 0 Å². The van der Waals surface area contributed by atoms with E-state index >= 15 is 0 Å².